The zero-order chi connectivity index (χ0) is 18.6. The fourth-order valence-corrected chi connectivity index (χ4v) is 2.57. The molecule has 0 atom stereocenters. The Balaban J connectivity index is 0.00000364. The Morgan fingerprint density at radius 1 is 1.11 bits per heavy atom. The van der Waals surface area contributed by atoms with Crippen LogP contribution in [0.3, 0.4) is 0 Å². The highest BCUT2D eigenvalue weighted by Gasteiger charge is 2.04. The molecule has 0 radical (unpaired) electrons. The molecule has 1 aromatic carbocycles. The molecule has 0 aliphatic heterocycles. The second-order valence-corrected chi connectivity index (χ2v) is 6.34. The molecule has 7 heteroatoms. The van der Waals surface area contributed by atoms with Gasteiger partial charge in [0.25, 0.3) is 0 Å². The lowest BCUT2D eigenvalue weighted by Gasteiger charge is -2.16. The van der Waals surface area contributed by atoms with Gasteiger partial charge in [0.2, 0.25) is 0 Å². The summed E-state index contributed by atoms with van der Waals surface area (Å²) in [6, 6.07) is 12.3. The van der Waals surface area contributed by atoms with Gasteiger partial charge in [0.05, 0.1) is 6.26 Å². The van der Waals surface area contributed by atoms with Crippen molar-refractivity contribution < 1.29 is 9.15 Å². The van der Waals surface area contributed by atoms with Crippen molar-refractivity contribution in [3.8, 4) is 0 Å². The lowest BCUT2D eigenvalue weighted by Crippen LogP contribution is -2.37. The first-order valence-electron chi connectivity index (χ1n) is 8.95. The van der Waals surface area contributed by atoms with Crippen LogP contribution in [-0.4, -0.2) is 45.2 Å². The van der Waals surface area contributed by atoms with Crippen LogP contribution in [0.2, 0.25) is 0 Å². The van der Waals surface area contributed by atoms with Crippen LogP contribution in [-0.2, 0) is 24.4 Å². The molecule has 2 N–H and O–H groups in total. The summed E-state index contributed by atoms with van der Waals surface area (Å²) in [6.45, 7) is 3.67. The van der Waals surface area contributed by atoms with E-state index in [0.29, 0.717) is 13.2 Å². The molecule has 1 heterocycles. The van der Waals surface area contributed by atoms with Crippen molar-refractivity contribution in [2.45, 2.75) is 26.1 Å². The van der Waals surface area contributed by atoms with E-state index < -0.39 is 0 Å². The minimum absolute atomic E-state index is 0. The van der Waals surface area contributed by atoms with Crippen LogP contribution in [0.4, 0.5) is 0 Å². The van der Waals surface area contributed by atoms with Crippen LogP contribution >= 0.6 is 24.0 Å². The number of aliphatic imine (C=N–C) groups is 1. The van der Waals surface area contributed by atoms with Crippen LogP contribution in [0, 0.1) is 0 Å². The molecule has 0 spiro atoms. The van der Waals surface area contributed by atoms with Crippen molar-refractivity contribution in [1.82, 2.24) is 15.5 Å². The van der Waals surface area contributed by atoms with Crippen molar-refractivity contribution in [2.24, 2.45) is 4.99 Å². The number of furan rings is 1. The average molecular weight is 486 g/mol. The van der Waals surface area contributed by atoms with Crippen molar-refractivity contribution in [3.05, 3.63) is 59.5 Å². The molecule has 0 saturated heterocycles. The normalized spacial score (nSPS) is 11.3. The van der Waals surface area contributed by atoms with Gasteiger partial charge in [0.15, 0.2) is 5.96 Å². The molecule has 0 bridgehead atoms. The third-order valence-electron chi connectivity index (χ3n) is 3.86. The number of ether oxygens (including phenoxy) is 1. The van der Waals surface area contributed by atoms with Crippen LogP contribution in [0.1, 0.15) is 23.3 Å². The van der Waals surface area contributed by atoms with Gasteiger partial charge in [0, 0.05) is 33.3 Å². The van der Waals surface area contributed by atoms with Crippen LogP contribution in [0.5, 0.6) is 0 Å². The van der Waals surface area contributed by atoms with Crippen molar-refractivity contribution in [1.29, 1.82) is 0 Å². The summed E-state index contributed by atoms with van der Waals surface area (Å²) in [5, 5.41) is 6.70. The van der Waals surface area contributed by atoms with E-state index in [1.54, 1.807) is 13.3 Å². The average Bonchev–Trinajstić information content (AvgIpc) is 3.14. The Morgan fingerprint density at radius 3 is 2.56 bits per heavy atom. The van der Waals surface area contributed by atoms with Gasteiger partial charge in [-0.1, -0.05) is 24.3 Å². The number of hydrogen-bond acceptors (Lipinski definition) is 4. The van der Waals surface area contributed by atoms with Crippen LogP contribution in [0.25, 0.3) is 0 Å². The zero-order valence-corrected chi connectivity index (χ0v) is 18.7. The summed E-state index contributed by atoms with van der Waals surface area (Å²) in [7, 11) is 5.95. The minimum Gasteiger partial charge on any atom is -0.467 e. The number of nitrogens with zero attached hydrogens (tertiary/aromatic N) is 2. The Morgan fingerprint density at radius 2 is 1.89 bits per heavy atom. The summed E-state index contributed by atoms with van der Waals surface area (Å²) < 4.78 is 10.8. The number of hydrogen-bond donors (Lipinski definition) is 2. The number of halogens is 1. The minimum atomic E-state index is 0. The molecular formula is C20H31IN4O2. The largest absolute Gasteiger partial charge is 0.467 e. The quantitative estimate of drug-likeness (QED) is 0.234. The Labute approximate surface area is 179 Å². The van der Waals surface area contributed by atoms with E-state index >= 15 is 0 Å². The van der Waals surface area contributed by atoms with Crippen molar-refractivity contribution in [3.63, 3.8) is 0 Å². The summed E-state index contributed by atoms with van der Waals surface area (Å²) in [4.78, 5) is 6.46. The van der Waals surface area contributed by atoms with Gasteiger partial charge < -0.3 is 24.7 Å². The molecule has 6 nitrogen and oxygen atoms in total. The summed E-state index contributed by atoms with van der Waals surface area (Å²) in [5.41, 5.74) is 2.61. The number of guanidine groups is 1. The molecule has 2 aromatic rings. The predicted octanol–water partition coefficient (Wildman–Crippen LogP) is 3.23. The molecule has 2 rings (SSSR count). The standard InChI is InChI=1S/C20H30N4O2.HI/c1-21-20(22-11-7-12-25-16-19-10-6-13-26-19)23-14-17-8-4-5-9-18(17)15-24(2)3;/h4-6,8-10,13H,7,11-12,14-16H2,1-3H3,(H2,21,22,23);1H. The second kappa shape index (κ2) is 13.6. The van der Waals surface area contributed by atoms with Gasteiger partial charge >= 0.3 is 0 Å². The first-order valence-corrected chi connectivity index (χ1v) is 8.95. The molecule has 0 amide bonds. The molecule has 150 valence electrons. The highest BCUT2D eigenvalue weighted by Crippen LogP contribution is 2.10. The van der Waals surface area contributed by atoms with Gasteiger partial charge in [-0.25, -0.2) is 0 Å². The highest BCUT2D eigenvalue weighted by molar-refractivity contribution is 14.0. The Kier molecular flexibility index (Phi) is 11.8. The maximum absolute atomic E-state index is 5.58. The lowest BCUT2D eigenvalue weighted by atomic mass is 10.1. The molecule has 0 saturated carbocycles. The number of rotatable bonds is 10. The third kappa shape index (κ3) is 9.25. The van der Waals surface area contributed by atoms with Gasteiger partial charge in [-0.05, 0) is 43.8 Å². The first kappa shape index (κ1) is 23.5. The second-order valence-electron chi connectivity index (χ2n) is 6.34. The maximum atomic E-state index is 5.58. The monoisotopic (exact) mass is 486 g/mol. The Bertz CT molecular complexity index is 660. The fourth-order valence-electron chi connectivity index (χ4n) is 2.57. The Hall–Kier alpha value is -1.58. The third-order valence-corrected chi connectivity index (χ3v) is 3.86. The maximum Gasteiger partial charge on any atom is 0.191 e. The van der Waals surface area contributed by atoms with E-state index in [1.807, 2.05) is 12.1 Å². The molecule has 1 aromatic heterocycles. The smallest absolute Gasteiger partial charge is 0.191 e. The molecule has 0 aliphatic carbocycles. The SMILES string of the molecule is CN=C(NCCCOCc1ccco1)NCc1ccccc1CN(C)C.I. The highest BCUT2D eigenvalue weighted by atomic mass is 127. The summed E-state index contributed by atoms with van der Waals surface area (Å²) in [5.74, 6) is 1.66. The van der Waals surface area contributed by atoms with Gasteiger partial charge in [-0.15, -0.1) is 24.0 Å². The van der Waals surface area contributed by atoms with Crippen LogP contribution in [0.15, 0.2) is 52.1 Å². The van der Waals surface area contributed by atoms with Crippen molar-refractivity contribution in [2.75, 3.05) is 34.3 Å². The van der Waals surface area contributed by atoms with E-state index in [9.17, 15) is 0 Å². The van der Waals surface area contributed by atoms with E-state index in [1.165, 1.54) is 11.1 Å². The number of benzene rings is 1. The van der Waals surface area contributed by atoms with Gasteiger partial charge in [-0.3, -0.25) is 4.99 Å². The van der Waals surface area contributed by atoms with E-state index in [2.05, 4.69) is 58.9 Å². The summed E-state index contributed by atoms with van der Waals surface area (Å²) >= 11 is 0. The summed E-state index contributed by atoms with van der Waals surface area (Å²) in [6.07, 6.45) is 2.56. The van der Waals surface area contributed by atoms with Crippen LogP contribution < -0.4 is 10.6 Å². The molecule has 0 unspecified atom stereocenters. The topological polar surface area (TPSA) is 62.0 Å². The predicted molar refractivity (Wildman–Crippen MR) is 120 cm³/mol. The number of nitrogens with one attached hydrogen (secondary N) is 2. The molecular weight excluding hydrogens is 455 g/mol. The zero-order valence-electron chi connectivity index (χ0n) is 16.4. The fraction of sp³-hybridized carbons (Fsp3) is 0.450. The molecule has 0 aliphatic rings. The first-order chi connectivity index (χ1) is 12.7. The molecule has 0 fully saturated rings. The molecule has 27 heavy (non-hydrogen) atoms. The van der Waals surface area contributed by atoms with Crippen molar-refractivity contribution >= 4 is 29.9 Å². The van der Waals surface area contributed by atoms with E-state index in [-0.39, 0.29) is 24.0 Å². The van der Waals surface area contributed by atoms with E-state index in [4.69, 9.17) is 9.15 Å². The van der Waals surface area contributed by atoms with E-state index in [0.717, 1.165) is 37.8 Å². The lowest BCUT2D eigenvalue weighted by molar-refractivity contribution is 0.105. The van der Waals surface area contributed by atoms with Gasteiger partial charge in [-0.2, -0.15) is 0 Å². The van der Waals surface area contributed by atoms with Gasteiger partial charge in [0.1, 0.15) is 12.4 Å².